The molecule has 0 heterocycles. The molecule has 0 amide bonds. The summed E-state index contributed by atoms with van der Waals surface area (Å²) >= 11 is 0. The van der Waals surface area contributed by atoms with Gasteiger partial charge >= 0.3 is 0 Å². The molecule has 2 N–H and O–H groups in total. The zero-order chi connectivity index (χ0) is 17.4. The van der Waals surface area contributed by atoms with Crippen molar-refractivity contribution in [3.63, 3.8) is 0 Å². The molecular weight excluding hydrogens is 296 g/mol. The summed E-state index contributed by atoms with van der Waals surface area (Å²) < 4.78 is 0. The second-order valence-corrected chi connectivity index (χ2v) is 7.57. The highest BCUT2D eigenvalue weighted by Crippen LogP contribution is 2.43. The number of aromatic hydroxyl groups is 2. The molecule has 2 aromatic carbocycles. The van der Waals surface area contributed by atoms with Gasteiger partial charge in [-0.1, -0.05) is 30.7 Å². The van der Waals surface area contributed by atoms with E-state index in [2.05, 4.69) is 24.3 Å². The van der Waals surface area contributed by atoms with Crippen LogP contribution in [0.5, 0.6) is 11.5 Å². The molecule has 1 aliphatic rings. The first-order valence-electron chi connectivity index (χ1n) is 8.97. The van der Waals surface area contributed by atoms with Crippen LogP contribution in [-0.2, 0) is 0 Å². The maximum absolute atomic E-state index is 10.0. The van der Waals surface area contributed by atoms with Crippen LogP contribution in [0, 0.1) is 27.7 Å². The van der Waals surface area contributed by atoms with Gasteiger partial charge in [0.25, 0.3) is 0 Å². The van der Waals surface area contributed by atoms with Gasteiger partial charge in [-0.3, -0.25) is 0 Å². The Morgan fingerprint density at radius 3 is 1.33 bits per heavy atom. The molecule has 0 aromatic heterocycles. The fourth-order valence-corrected chi connectivity index (χ4v) is 4.25. The van der Waals surface area contributed by atoms with E-state index in [-0.39, 0.29) is 0 Å². The van der Waals surface area contributed by atoms with E-state index in [0.29, 0.717) is 23.3 Å². The van der Waals surface area contributed by atoms with Crippen molar-refractivity contribution in [2.75, 3.05) is 0 Å². The van der Waals surface area contributed by atoms with Crippen LogP contribution < -0.4 is 0 Å². The predicted octanol–water partition coefficient (Wildman–Crippen LogP) is 5.77. The lowest BCUT2D eigenvalue weighted by molar-refractivity contribution is 0.392. The summed E-state index contributed by atoms with van der Waals surface area (Å²) in [5, 5.41) is 20.0. The summed E-state index contributed by atoms with van der Waals surface area (Å²) in [6.07, 6.45) is 4.81. The van der Waals surface area contributed by atoms with Crippen LogP contribution in [0.4, 0.5) is 0 Å². The molecule has 0 saturated heterocycles. The SMILES string of the molecule is Cc1cc(C2CCCC(c3cc(C)c(O)c(C)c3)C2)cc(C)c1O. The molecule has 1 aliphatic carbocycles. The third-order valence-electron chi connectivity index (χ3n) is 5.64. The van der Waals surface area contributed by atoms with Gasteiger partial charge in [0.1, 0.15) is 11.5 Å². The van der Waals surface area contributed by atoms with Gasteiger partial charge in [-0.05, 0) is 92.2 Å². The minimum absolute atomic E-state index is 0.427. The number of hydrogen-bond donors (Lipinski definition) is 2. The van der Waals surface area contributed by atoms with Gasteiger partial charge in [0.05, 0.1) is 0 Å². The first-order valence-corrected chi connectivity index (χ1v) is 8.97. The lowest BCUT2D eigenvalue weighted by Crippen LogP contribution is -2.13. The highest BCUT2D eigenvalue weighted by atomic mass is 16.3. The van der Waals surface area contributed by atoms with Gasteiger partial charge in [-0.2, -0.15) is 0 Å². The lowest BCUT2D eigenvalue weighted by Gasteiger charge is -2.31. The standard InChI is InChI=1S/C22H28O2/c1-13-8-19(9-14(2)21(13)23)17-6-5-7-18(12-17)20-10-15(3)22(24)16(4)11-20/h8-11,17-18,23-24H,5-7,12H2,1-4H3. The smallest absolute Gasteiger partial charge is 0.121 e. The molecule has 1 fully saturated rings. The van der Waals surface area contributed by atoms with E-state index in [1.165, 1.54) is 30.4 Å². The predicted molar refractivity (Wildman–Crippen MR) is 99.1 cm³/mol. The molecule has 2 aromatic rings. The van der Waals surface area contributed by atoms with Crippen molar-refractivity contribution >= 4 is 0 Å². The summed E-state index contributed by atoms with van der Waals surface area (Å²) in [7, 11) is 0. The second kappa shape index (κ2) is 6.51. The highest BCUT2D eigenvalue weighted by molar-refractivity contribution is 5.45. The van der Waals surface area contributed by atoms with Crippen LogP contribution in [0.2, 0.25) is 0 Å². The van der Waals surface area contributed by atoms with E-state index in [0.717, 1.165) is 28.7 Å². The molecule has 24 heavy (non-hydrogen) atoms. The topological polar surface area (TPSA) is 40.5 Å². The molecule has 2 nitrogen and oxygen atoms in total. The maximum Gasteiger partial charge on any atom is 0.121 e. The van der Waals surface area contributed by atoms with Crippen LogP contribution >= 0.6 is 0 Å². The molecule has 0 spiro atoms. The molecule has 0 aliphatic heterocycles. The van der Waals surface area contributed by atoms with Crippen LogP contribution in [-0.4, -0.2) is 10.2 Å². The van der Waals surface area contributed by atoms with E-state index < -0.39 is 0 Å². The minimum atomic E-state index is 0.427. The van der Waals surface area contributed by atoms with Crippen molar-refractivity contribution in [1.82, 2.24) is 0 Å². The minimum Gasteiger partial charge on any atom is -0.507 e. The quantitative estimate of drug-likeness (QED) is 0.736. The van der Waals surface area contributed by atoms with Crippen LogP contribution in [0.1, 0.15) is 70.9 Å². The van der Waals surface area contributed by atoms with Crippen LogP contribution in [0.25, 0.3) is 0 Å². The molecule has 0 radical (unpaired) electrons. The Hall–Kier alpha value is -1.96. The number of phenols is 2. The first-order chi connectivity index (χ1) is 11.4. The molecule has 2 heteroatoms. The molecule has 3 rings (SSSR count). The Bertz CT molecular complexity index is 651. The Kier molecular flexibility index (Phi) is 4.58. The summed E-state index contributed by atoms with van der Waals surface area (Å²) in [6.45, 7) is 7.94. The largest absolute Gasteiger partial charge is 0.507 e. The van der Waals surface area contributed by atoms with Crippen molar-refractivity contribution in [3.05, 3.63) is 57.6 Å². The van der Waals surface area contributed by atoms with Crippen molar-refractivity contribution in [2.24, 2.45) is 0 Å². The molecule has 2 unspecified atom stereocenters. The van der Waals surface area contributed by atoms with E-state index in [1.807, 2.05) is 27.7 Å². The Labute approximate surface area is 145 Å². The van der Waals surface area contributed by atoms with Gasteiger partial charge in [0.15, 0.2) is 0 Å². The van der Waals surface area contributed by atoms with Crippen molar-refractivity contribution in [3.8, 4) is 11.5 Å². The van der Waals surface area contributed by atoms with E-state index in [4.69, 9.17) is 0 Å². The van der Waals surface area contributed by atoms with Crippen LogP contribution in [0.3, 0.4) is 0 Å². The van der Waals surface area contributed by atoms with Gasteiger partial charge in [0.2, 0.25) is 0 Å². The zero-order valence-electron chi connectivity index (χ0n) is 15.2. The second-order valence-electron chi connectivity index (χ2n) is 7.57. The number of phenolic OH excluding ortho intramolecular Hbond substituents is 2. The molecule has 1 saturated carbocycles. The van der Waals surface area contributed by atoms with Gasteiger partial charge in [-0.15, -0.1) is 0 Å². The summed E-state index contributed by atoms with van der Waals surface area (Å²) in [5.74, 6) is 1.96. The van der Waals surface area contributed by atoms with E-state index in [9.17, 15) is 10.2 Å². The Morgan fingerprint density at radius 1 is 0.667 bits per heavy atom. The first kappa shape index (κ1) is 16.9. The van der Waals surface area contributed by atoms with Crippen molar-refractivity contribution in [1.29, 1.82) is 0 Å². The lowest BCUT2D eigenvalue weighted by atomic mass is 9.74. The normalized spacial score (nSPS) is 21.0. The third-order valence-corrected chi connectivity index (χ3v) is 5.64. The maximum atomic E-state index is 10.0. The molecule has 0 bridgehead atoms. The van der Waals surface area contributed by atoms with Crippen LogP contribution in [0.15, 0.2) is 24.3 Å². The van der Waals surface area contributed by atoms with Crippen molar-refractivity contribution in [2.45, 2.75) is 65.2 Å². The number of hydrogen-bond acceptors (Lipinski definition) is 2. The fourth-order valence-electron chi connectivity index (χ4n) is 4.25. The summed E-state index contributed by atoms with van der Waals surface area (Å²) in [5.41, 5.74) is 6.62. The van der Waals surface area contributed by atoms with Gasteiger partial charge in [0, 0.05) is 0 Å². The summed E-state index contributed by atoms with van der Waals surface area (Å²) in [6, 6.07) is 8.62. The molecular formula is C22H28O2. The average Bonchev–Trinajstić information content (AvgIpc) is 2.56. The Morgan fingerprint density at radius 2 is 1.00 bits per heavy atom. The molecule has 2 atom stereocenters. The Balaban J connectivity index is 1.87. The monoisotopic (exact) mass is 324 g/mol. The zero-order valence-corrected chi connectivity index (χ0v) is 15.2. The van der Waals surface area contributed by atoms with E-state index >= 15 is 0 Å². The third kappa shape index (κ3) is 3.15. The van der Waals surface area contributed by atoms with Crippen molar-refractivity contribution < 1.29 is 10.2 Å². The average molecular weight is 324 g/mol. The molecule has 128 valence electrons. The highest BCUT2D eigenvalue weighted by Gasteiger charge is 2.25. The van der Waals surface area contributed by atoms with Gasteiger partial charge < -0.3 is 10.2 Å². The van der Waals surface area contributed by atoms with Gasteiger partial charge in [-0.25, -0.2) is 0 Å². The summed E-state index contributed by atoms with van der Waals surface area (Å²) in [4.78, 5) is 0. The number of aryl methyl sites for hydroxylation is 4. The number of benzene rings is 2. The fraction of sp³-hybridized carbons (Fsp3) is 0.455. The van der Waals surface area contributed by atoms with E-state index in [1.54, 1.807) is 0 Å². The number of rotatable bonds is 2.